The summed E-state index contributed by atoms with van der Waals surface area (Å²) in [6.45, 7) is 3.54. The van der Waals surface area contributed by atoms with Crippen LogP contribution in [-0.2, 0) is 10.0 Å². The van der Waals surface area contributed by atoms with E-state index < -0.39 is 15.6 Å². The van der Waals surface area contributed by atoms with Crippen molar-refractivity contribution in [1.29, 1.82) is 0 Å². The fourth-order valence-corrected chi connectivity index (χ4v) is 11.6. The van der Waals surface area contributed by atoms with Gasteiger partial charge in [0.1, 0.15) is 5.82 Å². The molecule has 0 spiro atoms. The van der Waals surface area contributed by atoms with Crippen molar-refractivity contribution < 1.29 is 18.3 Å². The van der Waals surface area contributed by atoms with E-state index in [1.54, 1.807) is 4.31 Å². The maximum absolute atomic E-state index is 13.7. The van der Waals surface area contributed by atoms with Crippen LogP contribution in [-0.4, -0.2) is 85.0 Å². The molecule has 1 saturated heterocycles. The number of nitrogens with one attached hydrogen (secondary N) is 1. The van der Waals surface area contributed by atoms with Crippen molar-refractivity contribution in [3.05, 3.63) is 42.6 Å². The van der Waals surface area contributed by atoms with Crippen LogP contribution in [0, 0.1) is 17.8 Å². The van der Waals surface area contributed by atoms with E-state index in [1.165, 1.54) is 0 Å². The van der Waals surface area contributed by atoms with E-state index in [0.717, 1.165) is 80.7 Å². The molecule has 9 rings (SSSR count). The first-order chi connectivity index (χ1) is 21.3. The first kappa shape index (κ1) is 28.6. The van der Waals surface area contributed by atoms with E-state index in [-0.39, 0.29) is 17.3 Å². The Balaban J connectivity index is 0.932. The highest BCUT2D eigenvalue weighted by molar-refractivity contribution is 7.89. The van der Waals surface area contributed by atoms with Crippen molar-refractivity contribution in [2.75, 3.05) is 54.0 Å². The third-order valence-corrected chi connectivity index (χ3v) is 13.9. The summed E-state index contributed by atoms with van der Waals surface area (Å²) in [7, 11) is -3.20. The standard InChI is InChI=1S/C33H44N6O4S/c40-32(35-31-24-17-23-18-25(31)21-33(41,19-23)20-24)39-16-15-38(28-7-3-4-8-29(28)39)30-10-9-26(22-34-30)36-11-13-37(14-12-36)44(42,43)27-5-1-2-6-27/h3-4,7-10,22-25,27,31,41H,1-2,5-6,11-21H2,(H,35,40)/t23?,24-,25+,31?,33?. The quantitative estimate of drug-likeness (QED) is 0.519. The van der Waals surface area contributed by atoms with Gasteiger partial charge in [-0.05, 0) is 87.0 Å². The van der Waals surface area contributed by atoms with Gasteiger partial charge in [-0.2, -0.15) is 4.31 Å². The largest absolute Gasteiger partial charge is 0.390 e. The van der Waals surface area contributed by atoms with Crippen molar-refractivity contribution in [3.63, 3.8) is 0 Å². The minimum atomic E-state index is -3.20. The van der Waals surface area contributed by atoms with Crippen LogP contribution in [0.4, 0.5) is 27.7 Å². The molecule has 10 nitrogen and oxygen atoms in total. The first-order valence-electron chi connectivity index (χ1n) is 16.6. The number of para-hydroxylation sites is 2. The summed E-state index contributed by atoms with van der Waals surface area (Å²) in [4.78, 5) is 24.8. The van der Waals surface area contributed by atoms with E-state index in [1.807, 2.05) is 41.4 Å². The maximum atomic E-state index is 13.7. The summed E-state index contributed by atoms with van der Waals surface area (Å²) in [5.41, 5.74) is 2.32. The predicted molar refractivity (Wildman–Crippen MR) is 171 cm³/mol. The number of hydrogen-bond donors (Lipinski definition) is 2. The molecule has 11 heteroatoms. The molecule has 5 aliphatic carbocycles. The second kappa shape index (κ2) is 10.9. The number of pyridine rings is 1. The number of rotatable bonds is 5. The minimum Gasteiger partial charge on any atom is -0.390 e. The highest BCUT2D eigenvalue weighted by Crippen LogP contribution is 2.55. The number of amides is 2. The number of urea groups is 1. The summed E-state index contributed by atoms with van der Waals surface area (Å²) in [6.07, 6.45) is 10.3. The van der Waals surface area contributed by atoms with Gasteiger partial charge >= 0.3 is 6.03 Å². The molecule has 44 heavy (non-hydrogen) atoms. The molecule has 5 atom stereocenters. The molecule has 2 N–H and O–H groups in total. The molecule has 3 heterocycles. The maximum Gasteiger partial charge on any atom is 0.322 e. The number of piperazine rings is 1. The third kappa shape index (κ3) is 4.95. The Morgan fingerprint density at radius 3 is 2.25 bits per heavy atom. The second-order valence-electron chi connectivity index (χ2n) is 14.2. The van der Waals surface area contributed by atoms with E-state index in [4.69, 9.17) is 4.98 Å². The Morgan fingerprint density at radius 1 is 0.886 bits per heavy atom. The van der Waals surface area contributed by atoms with Crippen LogP contribution in [0.15, 0.2) is 42.6 Å². The highest BCUT2D eigenvalue weighted by atomic mass is 32.2. The van der Waals surface area contributed by atoms with E-state index in [0.29, 0.717) is 57.0 Å². The van der Waals surface area contributed by atoms with E-state index in [9.17, 15) is 18.3 Å². The van der Waals surface area contributed by atoms with Crippen LogP contribution >= 0.6 is 0 Å². The molecular formula is C33H44N6O4S. The highest BCUT2D eigenvalue weighted by Gasteiger charge is 2.55. The zero-order chi connectivity index (χ0) is 30.1. The number of hydrogen-bond acceptors (Lipinski definition) is 7. The number of aliphatic hydroxyl groups is 1. The Hall–Kier alpha value is -2.89. The molecule has 4 bridgehead atoms. The number of carbonyl (C=O) groups excluding carboxylic acids is 1. The average molecular weight is 621 g/mol. The number of aromatic nitrogens is 1. The summed E-state index contributed by atoms with van der Waals surface area (Å²) in [6, 6.07) is 12.2. The Labute approximate surface area is 260 Å². The van der Waals surface area contributed by atoms with Gasteiger partial charge in [0.25, 0.3) is 0 Å². The summed E-state index contributed by atoms with van der Waals surface area (Å²) in [5.74, 6) is 2.18. The monoisotopic (exact) mass is 620 g/mol. The zero-order valence-corrected chi connectivity index (χ0v) is 26.2. The van der Waals surface area contributed by atoms with Crippen molar-refractivity contribution in [2.24, 2.45) is 17.8 Å². The normalized spacial score (nSPS) is 32.2. The lowest BCUT2D eigenvalue weighted by Gasteiger charge is -2.58. The predicted octanol–water partition coefficient (Wildman–Crippen LogP) is 4.08. The van der Waals surface area contributed by atoms with Gasteiger partial charge in [-0.25, -0.2) is 18.2 Å². The lowest BCUT2D eigenvalue weighted by Crippen LogP contribution is -2.63. The van der Waals surface area contributed by atoms with Gasteiger partial charge in [0.2, 0.25) is 10.0 Å². The topological polar surface area (TPSA) is 109 Å². The van der Waals surface area contributed by atoms with E-state index in [2.05, 4.69) is 21.2 Å². The van der Waals surface area contributed by atoms with Gasteiger partial charge in [0.15, 0.2) is 0 Å². The summed E-state index contributed by atoms with van der Waals surface area (Å²) >= 11 is 0. The fraction of sp³-hybridized carbons (Fsp3) is 0.636. The SMILES string of the molecule is O=C(NC1[C@@H]2CC3C[C@H]1CC(O)(C3)C2)N1CCN(c2ccc(N3CCN(S(=O)(=O)C4CCCC4)CC3)cn2)c2ccccc21. The van der Waals surface area contributed by atoms with Crippen LogP contribution in [0.3, 0.4) is 0 Å². The van der Waals surface area contributed by atoms with Crippen LogP contribution in [0.5, 0.6) is 0 Å². The number of anilines is 4. The molecule has 1 aromatic heterocycles. The average Bonchev–Trinajstić information content (AvgIpc) is 3.58. The van der Waals surface area contributed by atoms with Gasteiger partial charge in [-0.15, -0.1) is 0 Å². The van der Waals surface area contributed by atoms with Gasteiger partial charge in [-0.3, -0.25) is 4.90 Å². The van der Waals surface area contributed by atoms with Crippen LogP contribution in [0.2, 0.25) is 0 Å². The Morgan fingerprint density at radius 2 is 1.59 bits per heavy atom. The van der Waals surface area contributed by atoms with Crippen LogP contribution < -0.4 is 20.0 Å². The van der Waals surface area contributed by atoms with Crippen molar-refractivity contribution in [3.8, 4) is 0 Å². The molecule has 2 aromatic rings. The number of sulfonamides is 1. The van der Waals surface area contributed by atoms with Crippen LogP contribution in [0.1, 0.15) is 57.8 Å². The lowest BCUT2D eigenvalue weighted by molar-refractivity contribution is -0.136. The minimum absolute atomic E-state index is 0.0426. The smallest absolute Gasteiger partial charge is 0.322 e. The van der Waals surface area contributed by atoms with Gasteiger partial charge < -0.3 is 20.2 Å². The number of carbonyl (C=O) groups is 1. The molecule has 3 unspecified atom stereocenters. The molecule has 2 aliphatic heterocycles. The zero-order valence-electron chi connectivity index (χ0n) is 25.4. The molecular weight excluding hydrogens is 576 g/mol. The molecule has 5 saturated carbocycles. The van der Waals surface area contributed by atoms with Crippen molar-refractivity contribution in [1.82, 2.24) is 14.6 Å². The third-order valence-electron chi connectivity index (χ3n) is 11.5. The van der Waals surface area contributed by atoms with Crippen molar-refractivity contribution >= 4 is 38.9 Å². The molecule has 7 aliphatic rings. The fourth-order valence-electron chi connectivity index (χ4n) is 9.57. The number of fused-ring (bicyclic) bond motifs is 1. The Bertz CT molecular complexity index is 1490. The molecule has 6 fully saturated rings. The lowest BCUT2D eigenvalue weighted by atomic mass is 9.52. The van der Waals surface area contributed by atoms with Crippen LogP contribution in [0.25, 0.3) is 0 Å². The molecule has 236 valence electrons. The molecule has 2 amide bonds. The summed E-state index contributed by atoms with van der Waals surface area (Å²) in [5, 5.41) is 14.2. The number of nitrogens with zero attached hydrogens (tertiary/aromatic N) is 5. The van der Waals surface area contributed by atoms with Crippen molar-refractivity contribution in [2.45, 2.75) is 74.7 Å². The van der Waals surface area contributed by atoms with Gasteiger partial charge in [0.05, 0.1) is 34.1 Å². The van der Waals surface area contributed by atoms with Gasteiger partial charge in [-0.1, -0.05) is 25.0 Å². The second-order valence-corrected chi connectivity index (χ2v) is 16.4. The molecule has 0 radical (unpaired) electrons. The first-order valence-corrected chi connectivity index (χ1v) is 18.1. The summed E-state index contributed by atoms with van der Waals surface area (Å²) < 4.78 is 27.8. The Kier molecular flexibility index (Phi) is 7.06. The number of benzene rings is 1. The van der Waals surface area contributed by atoms with E-state index >= 15 is 0 Å². The molecule has 1 aromatic carbocycles. The van der Waals surface area contributed by atoms with Gasteiger partial charge in [0, 0.05) is 45.3 Å².